The lowest BCUT2D eigenvalue weighted by atomic mass is 9.91. The van der Waals surface area contributed by atoms with Crippen molar-refractivity contribution in [2.45, 2.75) is 13.3 Å². The Hall–Kier alpha value is -3.94. The summed E-state index contributed by atoms with van der Waals surface area (Å²) in [4.78, 5) is 0. The lowest BCUT2D eigenvalue weighted by molar-refractivity contribution is 1.29. The van der Waals surface area contributed by atoms with E-state index in [-0.39, 0.29) is 0 Å². The highest BCUT2D eigenvalue weighted by Gasteiger charge is 2.27. The van der Waals surface area contributed by atoms with E-state index in [1.807, 2.05) is 11.3 Å². The smallest absolute Gasteiger partial charge is 0.0440 e. The van der Waals surface area contributed by atoms with Crippen LogP contribution in [0.4, 0.5) is 0 Å². The summed E-state index contributed by atoms with van der Waals surface area (Å²) in [6.07, 6.45) is 5.34. The normalized spacial score (nSPS) is 13.1. The molecule has 0 nitrogen and oxygen atoms in total. The molecule has 0 amide bonds. The number of hydrogen-bond acceptors (Lipinski definition) is 1. The van der Waals surface area contributed by atoms with Crippen LogP contribution in [0.1, 0.15) is 23.6 Å². The molecule has 0 fully saturated rings. The van der Waals surface area contributed by atoms with Gasteiger partial charge in [0.2, 0.25) is 0 Å². The highest BCUT2D eigenvalue weighted by molar-refractivity contribution is 7.27. The molecule has 0 saturated heterocycles. The Morgan fingerprint density at radius 1 is 0.629 bits per heavy atom. The average molecular weight is 463 g/mol. The van der Waals surface area contributed by atoms with Crippen LogP contribution < -0.4 is 0 Å². The van der Waals surface area contributed by atoms with E-state index in [0.717, 1.165) is 6.42 Å². The van der Waals surface area contributed by atoms with Crippen molar-refractivity contribution in [2.24, 2.45) is 0 Å². The summed E-state index contributed by atoms with van der Waals surface area (Å²) in [5.41, 5.74) is 7.06. The van der Waals surface area contributed by atoms with Crippen LogP contribution in [0.25, 0.3) is 69.7 Å². The van der Waals surface area contributed by atoms with Gasteiger partial charge in [-0.25, -0.2) is 0 Å². The highest BCUT2D eigenvalue weighted by atomic mass is 32.1. The van der Waals surface area contributed by atoms with Gasteiger partial charge in [-0.3, -0.25) is 0 Å². The molecule has 1 aromatic heterocycles. The summed E-state index contributed by atoms with van der Waals surface area (Å²) in [5, 5.41) is 11.0. The third-order valence-electron chi connectivity index (χ3n) is 7.74. The van der Waals surface area contributed by atoms with Gasteiger partial charge in [-0.05, 0) is 67.7 Å². The van der Waals surface area contributed by atoms with E-state index < -0.39 is 0 Å². The molecule has 0 atom stereocenters. The third-order valence-corrected chi connectivity index (χ3v) is 9.02. The number of thiophene rings is 1. The van der Waals surface area contributed by atoms with Crippen molar-refractivity contribution in [2.75, 3.05) is 0 Å². The number of fused-ring (bicyclic) bond motifs is 15. The minimum Gasteiger partial charge on any atom is -0.134 e. The van der Waals surface area contributed by atoms with Crippen molar-refractivity contribution in [3.63, 3.8) is 0 Å². The Bertz CT molecular complexity index is 2030. The Labute approximate surface area is 207 Å². The molecule has 0 aliphatic heterocycles. The van der Waals surface area contributed by atoms with E-state index in [2.05, 4.69) is 110 Å². The van der Waals surface area contributed by atoms with E-state index in [9.17, 15) is 0 Å². The van der Waals surface area contributed by atoms with E-state index in [1.54, 1.807) is 0 Å². The Morgan fingerprint density at radius 2 is 1.23 bits per heavy atom. The van der Waals surface area contributed by atoms with Crippen molar-refractivity contribution in [3.8, 4) is 11.1 Å². The molecule has 0 radical (unpaired) electrons. The van der Waals surface area contributed by atoms with Gasteiger partial charge in [0.1, 0.15) is 0 Å². The second kappa shape index (κ2) is 7.04. The maximum absolute atomic E-state index is 2.39. The fraction of sp³-hybridized carbons (Fsp3) is 0.0588. The third kappa shape index (κ3) is 2.51. The fourth-order valence-electron chi connectivity index (χ4n) is 6.34. The molecule has 6 aromatic carbocycles. The molecule has 7 aromatic rings. The van der Waals surface area contributed by atoms with Gasteiger partial charge in [-0.15, -0.1) is 11.3 Å². The van der Waals surface area contributed by atoms with Crippen LogP contribution in [-0.2, 0) is 6.42 Å². The summed E-state index contributed by atoms with van der Waals surface area (Å²) < 4.78 is 2.87. The molecular weight excluding hydrogens is 440 g/mol. The van der Waals surface area contributed by atoms with Crippen LogP contribution in [0.3, 0.4) is 0 Å². The molecule has 0 N–H and O–H groups in total. The lowest BCUT2D eigenvalue weighted by Crippen LogP contribution is -1.86. The first-order valence-electron chi connectivity index (χ1n) is 12.3. The van der Waals surface area contributed by atoms with Gasteiger partial charge in [0.25, 0.3) is 0 Å². The average Bonchev–Trinajstić information content (AvgIpc) is 3.49. The maximum atomic E-state index is 2.39. The van der Waals surface area contributed by atoms with Crippen molar-refractivity contribution in [1.82, 2.24) is 0 Å². The summed E-state index contributed by atoms with van der Waals surface area (Å²) in [7, 11) is 0. The molecular formula is C34H22S. The summed E-state index contributed by atoms with van der Waals surface area (Å²) in [6, 6.07) is 33.9. The standard InChI is InChI=1S/C34H22S/c1-2-9-20-16-17-21-19-29-30(28(21)18-20)25-13-6-7-14-26(25)32-31-24-12-5-3-10-22(24)23-11-4-8-15-27(23)33(31)35-34(29)32/h2-18H,19H2,1H3/b9-2+. The highest BCUT2D eigenvalue weighted by Crippen LogP contribution is 2.53. The van der Waals surface area contributed by atoms with Crippen molar-refractivity contribution < 1.29 is 0 Å². The van der Waals surface area contributed by atoms with Gasteiger partial charge in [0, 0.05) is 32.0 Å². The van der Waals surface area contributed by atoms with Crippen LogP contribution in [0.15, 0.2) is 97.1 Å². The molecule has 8 rings (SSSR count). The summed E-state index contributed by atoms with van der Waals surface area (Å²) in [5.74, 6) is 0. The number of hydrogen-bond donors (Lipinski definition) is 0. The van der Waals surface area contributed by atoms with Crippen LogP contribution in [0.2, 0.25) is 0 Å². The van der Waals surface area contributed by atoms with Gasteiger partial charge >= 0.3 is 0 Å². The predicted molar refractivity (Wildman–Crippen MR) is 155 cm³/mol. The van der Waals surface area contributed by atoms with Crippen molar-refractivity contribution in [1.29, 1.82) is 0 Å². The molecule has 0 saturated carbocycles. The van der Waals surface area contributed by atoms with E-state index in [1.165, 1.54) is 80.3 Å². The molecule has 35 heavy (non-hydrogen) atoms. The molecule has 164 valence electrons. The number of allylic oxidation sites excluding steroid dienone is 1. The summed E-state index contributed by atoms with van der Waals surface area (Å²) in [6.45, 7) is 2.09. The zero-order chi connectivity index (χ0) is 23.1. The molecule has 0 spiro atoms. The largest absolute Gasteiger partial charge is 0.134 e. The minimum absolute atomic E-state index is 1.00. The molecule has 0 bridgehead atoms. The van der Waals surface area contributed by atoms with Crippen LogP contribution in [0, 0.1) is 0 Å². The number of rotatable bonds is 1. The van der Waals surface area contributed by atoms with Gasteiger partial charge in [0.15, 0.2) is 0 Å². The quantitative estimate of drug-likeness (QED) is 0.213. The van der Waals surface area contributed by atoms with Gasteiger partial charge in [0.05, 0.1) is 0 Å². The Kier molecular flexibility index (Phi) is 3.90. The molecule has 1 aliphatic carbocycles. The molecule has 1 heterocycles. The van der Waals surface area contributed by atoms with Gasteiger partial charge in [-0.2, -0.15) is 0 Å². The van der Waals surface area contributed by atoms with E-state index >= 15 is 0 Å². The van der Waals surface area contributed by atoms with E-state index in [4.69, 9.17) is 0 Å². The number of benzene rings is 6. The topological polar surface area (TPSA) is 0 Å². The van der Waals surface area contributed by atoms with Crippen molar-refractivity contribution in [3.05, 3.63) is 114 Å². The monoisotopic (exact) mass is 462 g/mol. The first-order chi connectivity index (χ1) is 17.3. The second-order valence-corrected chi connectivity index (χ2v) is 10.6. The van der Waals surface area contributed by atoms with Crippen molar-refractivity contribution >= 4 is 69.9 Å². The minimum atomic E-state index is 1.00. The lowest BCUT2D eigenvalue weighted by Gasteiger charge is -2.11. The predicted octanol–water partition coefficient (Wildman–Crippen LogP) is 10.1. The molecule has 0 unspecified atom stereocenters. The van der Waals surface area contributed by atoms with Crippen LogP contribution in [-0.4, -0.2) is 0 Å². The van der Waals surface area contributed by atoms with Gasteiger partial charge < -0.3 is 0 Å². The first-order valence-corrected chi connectivity index (χ1v) is 13.1. The first kappa shape index (κ1) is 19.4. The summed E-state index contributed by atoms with van der Waals surface area (Å²) >= 11 is 2.00. The Balaban J connectivity index is 1.64. The SMILES string of the molecule is C/C=C/c1ccc2c(c1)-c1c(c3sc4c5ccccc5c5ccccc5c4c3c3ccccc13)C2. The van der Waals surface area contributed by atoms with Crippen LogP contribution >= 0.6 is 11.3 Å². The second-order valence-electron chi connectivity index (χ2n) is 9.59. The maximum Gasteiger partial charge on any atom is 0.0440 e. The molecule has 1 heteroatoms. The van der Waals surface area contributed by atoms with E-state index in [0.29, 0.717) is 0 Å². The molecule has 1 aliphatic rings. The van der Waals surface area contributed by atoms with Gasteiger partial charge in [-0.1, -0.05) is 97.1 Å². The van der Waals surface area contributed by atoms with Crippen LogP contribution in [0.5, 0.6) is 0 Å². The fourth-order valence-corrected chi connectivity index (χ4v) is 7.76. The zero-order valence-corrected chi connectivity index (χ0v) is 20.2. The zero-order valence-electron chi connectivity index (χ0n) is 19.4. The Morgan fingerprint density at radius 3 is 1.97 bits per heavy atom.